The quantitative estimate of drug-likeness (QED) is 0.421. The van der Waals surface area contributed by atoms with E-state index in [0.717, 1.165) is 24.0 Å². The average Bonchev–Trinajstić information content (AvgIpc) is 3.26. The second-order valence-electron chi connectivity index (χ2n) is 8.09. The Morgan fingerprint density at radius 2 is 2.00 bits per heavy atom. The van der Waals surface area contributed by atoms with Crippen LogP contribution < -0.4 is 15.6 Å². The molecule has 168 valence electrons. The van der Waals surface area contributed by atoms with Gasteiger partial charge in [0.15, 0.2) is 0 Å². The molecule has 0 saturated carbocycles. The summed E-state index contributed by atoms with van der Waals surface area (Å²) in [6, 6.07) is 11.4. The lowest BCUT2D eigenvalue weighted by Gasteiger charge is -2.16. The number of halogens is 1. The molecule has 2 heterocycles. The second-order valence-corrected chi connectivity index (χ2v) is 9.39. The maximum absolute atomic E-state index is 13.3. The number of hydrogen-bond donors (Lipinski definition) is 1. The summed E-state index contributed by atoms with van der Waals surface area (Å²) in [4.78, 5) is 31.2. The van der Waals surface area contributed by atoms with Crippen LogP contribution in [-0.2, 0) is 24.2 Å². The minimum atomic E-state index is -0.371. The summed E-state index contributed by atoms with van der Waals surface area (Å²) >= 11 is 7.49. The SMILES string of the molecule is COc1ccc(Cl)cc1NC(=O)Cn1cnc2scc(-c3ccc4c(c3)CCCC4)c2c1=O. The van der Waals surface area contributed by atoms with Crippen LogP contribution in [0.1, 0.15) is 24.0 Å². The van der Waals surface area contributed by atoms with E-state index in [1.165, 1.54) is 53.3 Å². The number of ether oxygens (including phenoxy) is 1. The number of hydrogen-bond acceptors (Lipinski definition) is 5. The summed E-state index contributed by atoms with van der Waals surface area (Å²) in [5, 5.41) is 5.76. The number of fused-ring (bicyclic) bond motifs is 2. The van der Waals surface area contributed by atoms with Gasteiger partial charge in [0.25, 0.3) is 5.56 Å². The Balaban J connectivity index is 1.46. The first kappa shape index (κ1) is 21.7. The van der Waals surface area contributed by atoms with Crippen molar-refractivity contribution in [1.29, 1.82) is 0 Å². The number of nitrogens with zero attached hydrogens (tertiary/aromatic N) is 2. The van der Waals surface area contributed by atoms with Gasteiger partial charge in [-0.15, -0.1) is 11.3 Å². The molecule has 0 atom stereocenters. The molecule has 0 radical (unpaired) electrons. The second kappa shape index (κ2) is 9.00. The first-order valence-electron chi connectivity index (χ1n) is 10.8. The lowest BCUT2D eigenvalue weighted by molar-refractivity contribution is -0.116. The number of rotatable bonds is 5. The summed E-state index contributed by atoms with van der Waals surface area (Å²) in [5.74, 6) is 0.116. The van der Waals surface area contributed by atoms with E-state index in [9.17, 15) is 9.59 Å². The standard InChI is InChI=1S/C25H22ClN3O3S/c1-32-21-9-8-18(26)11-20(21)28-22(30)12-29-14-27-24-23(25(29)31)19(13-33-24)17-7-6-15-4-2-3-5-16(15)10-17/h6-11,13-14H,2-5,12H2,1H3,(H,28,30). The number of nitrogens with one attached hydrogen (secondary N) is 1. The summed E-state index contributed by atoms with van der Waals surface area (Å²) in [7, 11) is 1.51. The number of amides is 1. The fourth-order valence-electron chi connectivity index (χ4n) is 4.32. The molecule has 0 bridgehead atoms. The van der Waals surface area contributed by atoms with Crippen molar-refractivity contribution < 1.29 is 9.53 Å². The zero-order valence-corrected chi connectivity index (χ0v) is 19.6. The molecule has 2 aromatic heterocycles. The fraction of sp³-hybridized carbons (Fsp3) is 0.240. The molecule has 0 spiro atoms. The number of methoxy groups -OCH3 is 1. The number of anilines is 1. The zero-order chi connectivity index (χ0) is 22.9. The fourth-order valence-corrected chi connectivity index (χ4v) is 5.39. The number of carbonyl (C=O) groups excluding carboxylic acids is 1. The molecule has 0 unspecified atom stereocenters. The Hall–Kier alpha value is -3.16. The predicted molar refractivity (Wildman–Crippen MR) is 133 cm³/mol. The first-order valence-corrected chi connectivity index (χ1v) is 12.0. The number of carbonyl (C=O) groups is 1. The largest absolute Gasteiger partial charge is 0.495 e. The van der Waals surface area contributed by atoms with Crippen molar-refractivity contribution in [1.82, 2.24) is 9.55 Å². The normalized spacial score (nSPS) is 13.0. The summed E-state index contributed by atoms with van der Waals surface area (Å²) in [6.45, 7) is -0.170. The van der Waals surface area contributed by atoms with Crippen LogP contribution in [-0.4, -0.2) is 22.6 Å². The predicted octanol–water partition coefficient (Wildman–Crippen LogP) is 5.30. The third-order valence-corrected chi connectivity index (χ3v) is 7.09. The highest BCUT2D eigenvalue weighted by atomic mass is 35.5. The van der Waals surface area contributed by atoms with Crippen LogP contribution in [0.4, 0.5) is 5.69 Å². The molecule has 1 aliphatic carbocycles. The van der Waals surface area contributed by atoms with E-state index in [1.807, 2.05) is 5.38 Å². The average molecular weight is 480 g/mol. The monoisotopic (exact) mass is 479 g/mol. The molecular formula is C25H22ClN3O3S. The van der Waals surface area contributed by atoms with Crippen molar-refractivity contribution in [3.8, 4) is 16.9 Å². The molecule has 1 aliphatic rings. The number of benzene rings is 2. The third kappa shape index (κ3) is 4.26. The molecule has 8 heteroatoms. The van der Waals surface area contributed by atoms with Crippen LogP contribution in [0, 0.1) is 0 Å². The zero-order valence-electron chi connectivity index (χ0n) is 18.1. The van der Waals surface area contributed by atoms with Crippen molar-refractivity contribution >= 4 is 44.7 Å². The molecule has 2 aromatic carbocycles. The van der Waals surface area contributed by atoms with Crippen LogP contribution in [0.25, 0.3) is 21.3 Å². The third-order valence-electron chi connectivity index (χ3n) is 5.97. The molecule has 1 amide bonds. The van der Waals surface area contributed by atoms with Gasteiger partial charge in [-0.05, 0) is 60.6 Å². The van der Waals surface area contributed by atoms with Crippen LogP contribution >= 0.6 is 22.9 Å². The number of aryl methyl sites for hydroxylation is 2. The Morgan fingerprint density at radius 1 is 1.18 bits per heavy atom. The molecule has 5 rings (SSSR count). The first-order chi connectivity index (χ1) is 16.0. The van der Waals surface area contributed by atoms with Crippen molar-refractivity contribution in [3.05, 3.63) is 74.6 Å². The van der Waals surface area contributed by atoms with Gasteiger partial charge in [-0.25, -0.2) is 4.98 Å². The summed E-state index contributed by atoms with van der Waals surface area (Å²) < 4.78 is 6.61. The van der Waals surface area contributed by atoms with E-state index in [2.05, 4.69) is 28.5 Å². The van der Waals surface area contributed by atoms with Gasteiger partial charge in [-0.3, -0.25) is 14.2 Å². The highest BCUT2D eigenvalue weighted by Crippen LogP contribution is 2.33. The van der Waals surface area contributed by atoms with Crippen LogP contribution in [0.2, 0.25) is 5.02 Å². The minimum absolute atomic E-state index is 0.170. The number of thiophene rings is 1. The van der Waals surface area contributed by atoms with E-state index in [1.54, 1.807) is 18.2 Å². The van der Waals surface area contributed by atoms with Crippen LogP contribution in [0.5, 0.6) is 5.75 Å². The molecule has 0 aliphatic heterocycles. The van der Waals surface area contributed by atoms with Gasteiger partial charge < -0.3 is 10.1 Å². The van der Waals surface area contributed by atoms with E-state index in [-0.39, 0.29) is 18.0 Å². The molecule has 0 saturated heterocycles. The van der Waals surface area contributed by atoms with Crippen molar-refractivity contribution in [3.63, 3.8) is 0 Å². The van der Waals surface area contributed by atoms with Gasteiger partial charge in [-0.2, -0.15) is 0 Å². The van der Waals surface area contributed by atoms with E-state index >= 15 is 0 Å². The maximum atomic E-state index is 13.3. The van der Waals surface area contributed by atoms with Crippen LogP contribution in [0.3, 0.4) is 0 Å². The minimum Gasteiger partial charge on any atom is -0.495 e. The molecule has 6 nitrogen and oxygen atoms in total. The number of aromatic nitrogens is 2. The summed E-state index contributed by atoms with van der Waals surface area (Å²) in [6.07, 6.45) is 6.03. The van der Waals surface area contributed by atoms with E-state index in [4.69, 9.17) is 16.3 Å². The van der Waals surface area contributed by atoms with Gasteiger partial charge in [0.2, 0.25) is 5.91 Å². The Bertz CT molecular complexity index is 1430. The highest BCUT2D eigenvalue weighted by molar-refractivity contribution is 7.17. The maximum Gasteiger partial charge on any atom is 0.263 e. The Labute approximate surface area is 199 Å². The van der Waals surface area contributed by atoms with Gasteiger partial charge in [0.1, 0.15) is 17.1 Å². The van der Waals surface area contributed by atoms with E-state index < -0.39 is 0 Å². The van der Waals surface area contributed by atoms with Gasteiger partial charge in [0, 0.05) is 16.0 Å². The molecular weight excluding hydrogens is 458 g/mol. The molecule has 33 heavy (non-hydrogen) atoms. The molecule has 0 fully saturated rings. The smallest absolute Gasteiger partial charge is 0.263 e. The topological polar surface area (TPSA) is 73.2 Å². The Morgan fingerprint density at radius 3 is 2.82 bits per heavy atom. The van der Waals surface area contributed by atoms with Crippen molar-refractivity contribution in [2.24, 2.45) is 0 Å². The van der Waals surface area contributed by atoms with Crippen molar-refractivity contribution in [2.45, 2.75) is 32.2 Å². The lowest BCUT2D eigenvalue weighted by atomic mass is 9.89. The van der Waals surface area contributed by atoms with Gasteiger partial charge in [-0.1, -0.05) is 29.8 Å². The highest BCUT2D eigenvalue weighted by Gasteiger charge is 2.17. The lowest BCUT2D eigenvalue weighted by Crippen LogP contribution is -2.28. The van der Waals surface area contributed by atoms with Gasteiger partial charge >= 0.3 is 0 Å². The Kier molecular flexibility index (Phi) is 5.91. The van der Waals surface area contributed by atoms with E-state index in [0.29, 0.717) is 26.7 Å². The molecule has 4 aromatic rings. The van der Waals surface area contributed by atoms with Crippen LogP contribution in [0.15, 0.2) is 52.9 Å². The van der Waals surface area contributed by atoms with Gasteiger partial charge in [0.05, 0.1) is 24.5 Å². The summed E-state index contributed by atoms with van der Waals surface area (Å²) in [5.41, 5.74) is 4.86. The van der Waals surface area contributed by atoms with Crippen molar-refractivity contribution in [2.75, 3.05) is 12.4 Å². The molecule has 1 N–H and O–H groups in total.